The average Bonchev–Trinajstić information content (AvgIpc) is 2.88. The first-order chi connectivity index (χ1) is 18.1. The van der Waals surface area contributed by atoms with Crippen LogP contribution in [0.25, 0.3) is 0 Å². The Morgan fingerprint density at radius 1 is 0.526 bits per heavy atom. The molecule has 222 valence electrons. The van der Waals surface area contributed by atoms with Gasteiger partial charge in [-0.2, -0.15) is 0 Å². The van der Waals surface area contributed by atoms with Crippen LogP contribution in [-0.4, -0.2) is 62.4 Å². The van der Waals surface area contributed by atoms with Gasteiger partial charge in [-0.1, -0.05) is 96.1 Å². The van der Waals surface area contributed by atoms with Gasteiger partial charge in [0.1, 0.15) is 0 Å². The van der Waals surface area contributed by atoms with Gasteiger partial charge in [-0.05, 0) is 59.3 Å². The summed E-state index contributed by atoms with van der Waals surface area (Å²) in [5.41, 5.74) is 0. The van der Waals surface area contributed by atoms with E-state index in [2.05, 4.69) is 19.1 Å². The van der Waals surface area contributed by atoms with Crippen LogP contribution in [0.3, 0.4) is 0 Å². The molecular weight excluding hydrogens is 482 g/mol. The molecule has 38 heavy (non-hydrogen) atoms. The van der Waals surface area contributed by atoms with Crippen molar-refractivity contribution in [3.05, 3.63) is 12.2 Å². The lowest BCUT2D eigenvalue weighted by Gasteiger charge is -2.47. The first kappa shape index (κ1) is 36.1. The molecule has 0 aromatic rings. The number of aliphatic carboxylic acids is 3. The molecule has 3 N–H and O–H groups in total. The number of rotatable bonds is 26. The molecule has 3 unspecified atom stereocenters. The molecular formula is C31H58NO6+. The van der Waals surface area contributed by atoms with E-state index in [1.165, 1.54) is 97.8 Å². The summed E-state index contributed by atoms with van der Waals surface area (Å²) >= 11 is 0. The predicted molar refractivity (Wildman–Crippen MR) is 154 cm³/mol. The average molecular weight is 541 g/mol. The van der Waals surface area contributed by atoms with Crippen molar-refractivity contribution in [1.29, 1.82) is 0 Å². The third kappa shape index (κ3) is 14.3. The molecule has 0 aromatic heterocycles. The Morgan fingerprint density at radius 3 is 1.13 bits per heavy atom. The third-order valence-corrected chi connectivity index (χ3v) is 8.29. The van der Waals surface area contributed by atoms with E-state index in [1.54, 1.807) is 0 Å². The number of unbranched alkanes of at least 4 members (excludes halogenated alkanes) is 16. The number of nitrogens with zero attached hydrogens (tertiary/aromatic N) is 1. The molecule has 7 heteroatoms. The third-order valence-electron chi connectivity index (χ3n) is 8.29. The van der Waals surface area contributed by atoms with E-state index in [0.29, 0.717) is 6.42 Å². The maximum absolute atomic E-state index is 11.8. The van der Waals surface area contributed by atoms with Gasteiger partial charge < -0.3 is 15.3 Å². The van der Waals surface area contributed by atoms with Crippen LogP contribution in [0.1, 0.15) is 143 Å². The van der Waals surface area contributed by atoms with Gasteiger partial charge in [0, 0.05) is 0 Å². The van der Waals surface area contributed by atoms with Crippen LogP contribution in [0, 0.1) is 0 Å². The summed E-state index contributed by atoms with van der Waals surface area (Å²) in [6.45, 7) is 6.75. The molecule has 0 aliphatic heterocycles. The lowest BCUT2D eigenvalue weighted by Crippen LogP contribution is -2.70. The molecule has 0 bridgehead atoms. The van der Waals surface area contributed by atoms with Gasteiger partial charge in [-0.15, -0.1) is 0 Å². The Morgan fingerprint density at radius 2 is 0.816 bits per heavy atom. The molecule has 7 nitrogen and oxygen atoms in total. The minimum absolute atomic E-state index is 0.222. The summed E-state index contributed by atoms with van der Waals surface area (Å²) in [6, 6.07) is -3.37. The van der Waals surface area contributed by atoms with Crippen LogP contribution in [0.2, 0.25) is 0 Å². The topological polar surface area (TPSA) is 112 Å². The number of carbonyl (C=O) groups is 3. The van der Waals surface area contributed by atoms with Crippen molar-refractivity contribution in [1.82, 2.24) is 0 Å². The van der Waals surface area contributed by atoms with Crippen molar-refractivity contribution >= 4 is 17.9 Å². The monoisotopic (exact) mass is 540 g/mol. The molecule has 0 saturated heterocycles. The molecule has 0 saturated carbocycles. The molecule has 0 aliphatic rings. The van der Waals surface area contributed by atoms with E-state index in [-0.39, 0.29) is 6.54 Å². The minimum Gasteiger partial charge on any atom is -0.477 e. The van der Waals surface area contributed by atoms with Gasteiger partial charge in [-0.25, -0.2) is 14.4 Å². The number of hydrogen-bond acceptors (Lipinski definition) is 3. The Labute approximate surface area is 232 Å². The Balaban J connectivity index is 4.11. The largest absolute Gasteiger partial charge is 0.477 e. The summed E-state index contributed by atoms with van der Waals surface area (Å²) in [6.07, 6.45) is 26.3. The second-order valence-electron chi connectivity index (χ2n) is 11.1. The summed E-state index contributed by atoms with van der Waals surface area (Å²) < 4.78 is -0.480. The second-order valence-corrected chi connectivity index (χ2v) is 11.1. The molecule has 3 atom stereocenters. The summed E-state index contributed by atoms with van der Waals surface area (Å²) in [4.78, 5) is 35.4. The maximum atomic E-state index is 11.8. The number of hydrogen-bond donors (Lipinski definition) is 3. The Kier molecular flexibility index (Phi) is 20.9. The number of quaternary nitrogens is 1. The first-order valence-corrected chi connectivity index (χ1v) is 15.3. The normalized spacial score (nSPS) is 15.7. The van der Waals surface area contributed by atoms with Crippen molar-refractivity contribution in [2.45, 2.75) is 161 Å². The van der Waals surface area contributed by atoms with Crippen molar-refractivity contribution in [2.75, 3.05) is 6.54 Å². The molecule has 0 aromatic carbocycles. The van der Waals surface area contributed by atoms with E-state index in [0.717, 1.165) is 32.1 Å². The summed E-state index contributed by atoms with van der Waals surface area (Å²) in [5.74, 6) is -3.52. The highest BCUT2D eigenvalue weighted by Crippen LogP contribution is 2.27. The highest BCUT2D eigenvalue weighted by atomic mass is 16.4. The van der Waals surface area contributed by atoms with Crippen LogP contribution in [0.15, 0.2) is 12.2 Å². The van der Waals surface area contributed by atoms with Crippen LogP contribution in [0.4, 0.5) is 0 Å². The first-order valence-electron chi connectivity index (χ1n) is 15.3. The van der Waals surface area contributed by atoms with E-state index in [4.69, 9.17) is 0 Å². The molecule has 0 spiro atoms. The number of allylic oxidation sites excluding steroid dienone is 2. The van der Waals surface area contributed by atoms with Crippen molar-refractivity contribution < 1.29 is 34.2 Å². The highest BCUT2D eigenvalue weighted by Gasteiger charge is 2.52. The summed E-state index contributed by atoms with van der Waals surface area (Å²) in [7, 11) is 0. The minimum atomic E-state index is -1.17. The standard InChI is InChI=1S/C31H57NO6/c1-5-6-7-8-9-10-11-12-13-14-15-16-17-18-19-20-21-22-23-24-25-32(26(2)29(33)34,27(3)30(35)36)28(4)31(37)38/h14-15,26-28H,5-13,16-25H2,1-4H3,(H2-,33,34,35,36,37,38)/p+1/b15-14+. The van der Waals surface area contributed by atoms with Crippen molar-refractivity contribution in [2.24, 2.45) is 0 Å². The van der Waals surface area contributed by atoms with Crippen LogP contribution in [0.5, 0.6) is 0 Å². The molecule has 0 rings (SSSR count). The fraction of sp³-hybridized carbons (Fsp3) is 0.839. The summed E-state index contributed by atoms with van der Waals surface area (Å²) in [5, 5.41) is 28.9. The maximum Gasteiger partial charge on any atom is 0.362 e. The quantitative estimate of drug-likeness (QED) is 0.0586. The molecule has 0 radical (unpaired) electrons. The van der Waals surface area contributed by atoms with Gasteiger partial charge in [0.15, 0.2) is 18.1 Å². The van der Waals surface area contributed by atoms with Gasteiger partial charge >= 0.3 is 17.9 Å². The number of carboxylic acid groups (broad SMARTS) is 3. The molecule has 0 aliphatic carbocycles. The lowest BCUT2D eigenvalue weighted by atomic mass is 10.00. The van der Waals surface area contributed by atoms with E-state index >= 15 is 0 Å². The number of carboxylic acids is 3. The van der Waals surface area contributed by atoms with Crippen molar-refractivity contribution in [3.63, 3.8) is 0 Å². The highest BCUT2D eigenvalue weighted by molar-refractivity contribution is 5.77. The zero-order valence-electron chi connectivity index (χ0n) is 24.8. The molecule has 0 amide bonds. The van der Waals surface area contributed by atoms with E-state index in [1.807, 2.05) is 0 Å². The lowest BCUT2D eigenvalue weighted by molar-refractivity contribution is -0.968. The predicted octanol–water partition coefficient (Wildman–Crippen LogP) is 7.82. The van der Waals surface area contributed by atoms with Crippen molar-refractivity contribution in [3.8, 4) is 0 Å². The smallest absolute Gasteiger partial charge is 0.362 e. The second kappa shape index (κ2) is 22.0. The Bertz CT molecular complexity index is 627. The van der Waals surface area contributed by atoms with E-state index in [9.17, 15) is 29.7 Å². The van der Waals surface area contributed by atoms with Gasteiger partial charge in [0.25, 0.3) is 0 Å². The Hall–Kier alpha value is -1.89. The molecule has 0 heterocycles. The SMILES string of the molecule is CCCCCCCCCC/C=C/CCCCCCCCCC[N+](C(C)C(=O)O)(C(C)C(=O)O)C(C)C(=O)O. The van der Waals surface area contributed by atoms with Crippen LogP contribution >= 0.6 is 0 Å². The fourth-order valence-electron chi connectivity index (χ4n) is 5.54. The van der Waals surface area contributed by atoms with E-state index < -0.39 is 40.5 Å². The fourth-order valence-corrected chi connectivity index (χ4v) is 5.54. The molecule has 0 fully saturated rings. The van der Waals surface area contributed by atoms with Gasteiger partial charge in [0.2, 0.25) is 0 Å². The zero-order valence-corrected chi connectivity index (χ0v) is 24.8. The van der Waals surface area contributed by atoms with Crippen LogP contribution < -0.4 is 0 Å². The zero-order chi connectivity index (χ0) is 28.8. The van der Waals surface area contributed by atoms with Gasteiger partial charge in [0.05, 0.1) is 6.54 Å². The van der Waals surface area contributed by atoms with Gasteiger partial charge in [-0.3, -0.25) is 4.48 Å². The van der Waals surface area contributed by atoms with Crippen LogP contribution in [-0.2, 0) is 14.4 Å².